The third-order valence-electron chi connectivity index (χ3n) is 3.08. The summed E-state index contributed by atoms with van der Waals surface area (Å²) in [6, 6.07) is 14.4. The van der Waals surface area contributed by atoms with Gasteiger partial charge in [-0.1, -0.05) is 24.8 Å². The van der Waals surface area contributed by atoms with Crippen LogP contribution in [-0.4, -0.2) is 32.4 Å². The first-order valence-corrected chi connectivity index (χ1v) is 7.64. The Morgan fingerprint density at radius 2 is 1.84 bits per heavy atom. The van der Waals surface area contributed by atoms with Crippen LogP contribution in [0, 0.1) is 0 Å². The van der Waals surface area contributed by atoms with Gasteiger partial charge in [0.2, 0.25) is 0 Å². The standard InChI is InChI=1S/C19H20N2O4/c1-3-12-24-16-10-8-15(9-11-16)13-20-21-19(22)14-25-18-7-5-4-6-17(18)23-2/h3-11,13H,1,12,14H2,2H3,(H,21,22)/b20-13+. The quantitative estimate of drug-likeness (QED) is 0.433. The molecular weight excluding hydrogens is 320 g/mol. The van der Waals surface area contributed by atoms with Gasteiger partial charge in [-0.15, -0.1) is 0 Å². The fraction of sp³-hybridized carbons (Fsp3) is 0.158. The Morgan fingerprint density at radius 3 is 2.52 bits per heavy atom. The lowest BCUT2D eigenvalue weighted by Gasteiger charge is -2.09. The normalized spacial score (nSPS) is 10.3. The van der Waals surface area contributed by atoms with Crippen LogP contribution in [0.3, 0.4) is 0 Å². The fourth-order valence-electron chi connectivity index (χ4n) is 1.90. The van der Waals surface area contributed by atoms with Gasteiger partial charge in [0.1, 0.15) is 12.4 Å². The van der Waals surface area contributed by atoms with Gasteiger partial charge in [0, 0.05) is 0 Å². The average molecular weight is 340 g/mol. The summed E-state index contributed by atoms with van der Waals surface area (Å²) in [5.41, 5.74) is 3.24. The summed E-state index contributed by atoms with van der Waals surface area (Å²) in [4.78, 5) is 11.8. The van der Waals surface area contributed by atoms with Crippen LogP contribution in [0.4, 0.5) is 0 Å². The summed E-state index contributed by atoms with van der Waals surface area (Å²) in [6.45, 7) is 3.88. The molecule has 0 aliphatic rings. The number of benzene rings is 2. The zero-order valence-corrected chi connectivity index (χ0v) is 14.0. The van der Waals surface area contributed by atoms with E-state index in [0.29, 0.717) is 18.1 Å². The fourth-order valence-corrected chi connectivity index (χ4v) is 1.90. The van der Waals surface area contributed by atoms with Crippen LogP contribution in [0.25, 0.3) is 0 Å². The number of nitrogens with one attached hydrogen (secondary N) is 1. The molecule has 0 aliphatic carbocycles. The Kier molecular flexibility index (Phi) is 7.06. The summed E-state index contributed by atoms with van der Waals surface area (Å²) < 4.78 is 15.9. The second kappa shape index (κ2) is 9.77. The largest absolute Gasteiger partial charge is 0.493 e. The highest BCUT2D eigenvalue weighted by atomic mass is 16.5. The van der Waals surface area contributed by atoms with E-state index in [1.807, 2.05) is 30.3 Å². The Bertz CT molecular complexity index is 726. The van der Waals surface area contributed by atoms with E-state index in [4.69, 9.17) is 14.2 Å². The van der Waals surface area contributed by atoms with E-state index in [9.17, 15) is 4.79 Å². The van der Waals surface area contributed by atoms with Crippen LogP contribution in [0.5, 0.6) is 17.2 Å². The van der Waals surface area contributed by atoms with Crippen LogP contribution in [-0.2, 0) is 4.79 Å². The number of rotatable bonds is 9. The van der Waals surface area contributed by atoms with Gasteiger partial charge in [-0.2, -0.15) is 5.10 Å². The molecule has 1 amide bonds. The number of hydrogen-bond donors (Lipinski definition) is 1. The lowest BCUT2D eigenvalue weighted by atomic mass is 10.2. The van der Waals surface area contributed by atoms with Crippen molar-refractivity contribution < 1.29 is 19.0 Å². The molecule has 130 valence electrons. The number of nitrogens with zero attached hydrogens (tertiary/aromatic N) is 1. The summed E-state index contributed by atoms with van der Waals surface area (Å²) >= 11 is 0. The lowest BCUT2D eigenvalue weighted by molar-refractivity contribution is -0.123. The minimum atomic E-state index is -0.368. The Labute approximate surface area is 146 Å². The smallest absolute Gasteiger partial charge is 0.277 e. The number of carbonyl (C=O) groups is 1. The van der Waals surface area contributed by atoms with E-state index in [1.54, 1.807) is 31.4 Å². The third kappa shape index (κ3) is 6.02. The van der Waals surface area contributed by atoms with Crippen LogP contribution >= 0.6 is 0 Å². The van der Waals surface area contributed by atoms with Gasteiger partial charge in [0.05, 0.1) is 13.3 Å². The monoisotopic (exact) mass is 340 g/mol. The molecule has 2 aromatic rings. The van der Waals surface area contributed by atoms with Crippen LogP contribution in [0.2, 0.25) is 0 Å². The number of para-hydroxylation sites is 2. The number of methoxy groups -OCH3 is 1. The van der Waals surface area contributed by atoms with Crippen LogP contribution in [0.15, 0.2) is 66.3 Å². The number of hydrogen-bond acceptors (Lipinski definition) is 5. The minimum absolute atomic E-state index is 0.161. The Morgan fingerprint density at radius 1 is 1.12 bits per heavy atom. The van der Waals surface area contributed by atoms with Crippen molar-refractivity contribution in [3.05, 3.63) is 66.7 Å². The predicted molar refractivity (Wildman–Crippen MR) is 96.4 cm³/mol. The number of amides is 1. The molecule has 0 saturated heterocycles. The summed E-state index contributed by atoms with van der Waals surface area (Å²) in [5.74, 6) is 1.44. The molecule has 0 aliphatic heterocycles. The zero-order valence-electron chi connectivity index (χ0n) is 14.0. The van der Waals surface area contributed by atoms with E-state index in [1.165, 1.54) is 6.21 Å². The summed E-state index contributed by atoms with van der Waals surface area (Å²) in [6.07, 6.45) is 3.22. The molecule has 0 saturated carbocycles. The average Bonchev–Trinajstić information content (AvgIpc) is 2.66. The molecule has 6 nitrogen and oxygen atoms in total. The van der Waals surface area contributed by atoms with E-state index in [2.05, 4.69) is 17.1 Å². The Balaban J connectivity index is 1.79. The number of carbonyl (C=O) groups excluding carboxylic acids is 1. The van der Waals surface area contributed by atoms with E-state index < -0.39 is 0 Å². The molecule has 1 N–H and O–H groups in total. The second-order valence-corrected chi connectivity index (χ2v) is 4.90. The van der Waals surface area contributed by atoms with E-state index >= 15 is 0 Å². The maximum absolute atomic E-state index is 11.8. The van der Waals surface area contributed by atoms with E-state index in [0.717, 1.165) is 11.3 Å². The molecular formula is C19H20N2O4. The molecule has 0 atom stereocenters. The van der Waals surface area contributed by atoms with Crippen molar-refractivity contribution in [2.24, 2.45) is 5.10 Å². The molecule has 0 fully saturated rings. The van der Waals surface area contributed by atoms with Crippen molar-refractivity contribution in [3.63, 3.8) is 0 Å². The molecule has 0 bridgehead atoms. The first-order chi connectivity index (χ1) is 12.2. The first-order valence-electron chi connectivity index (χ1n) is 7.64. The van der Waals surface area contributed by atoms with Crippen molar-refractivity contribution in [2.75, 3.05) is 20.3 Å². The molecule has 25 heavy (non-hydrogen) atoms. The van der Waals surface area contributed by atoms with Crippen LogP contribution < -0.4 is 19.6 Å². The SMILES string of the molecule is C=CCOc1ccc(/C=N/NC(=O)COc2ccccc2OC)cc1. The van der Waals surface area contributed by atoms with Crippen molar-refractivity contribution >= 4 is 12.1 Å². The highest BCUT2D eigenvalue weighted by molar-refractivity contribution is 5.83. The van der Waals surface area contributed by atoms with Gasteiger partial charge < -0.3 is 14.2 Å². The molecule has 6 heteroatoms. The highest BCUT2D eigenvalue weighted by Gasteiger charge is 2.05. The molecule has 2 aromatic carbocycles. The van der Waals surface area contributed by atoms with Gasteiger partial charge in [-0.3, -0.25) is 4.79 Å². The van der Waals surface area contributed by atoms with Gasteiger partial charge in [0.15, 0.2) is 18.1 Å². The second-order valence-electron chi connectivity index (χ2n) is 4.90. The summed E-state index contributed by atoms with van der Waals surface area (Å²) in [5, 5.41) is 3.90. The number of ether oxygens (including phenoxy) is 3. The number of hydrazone groups is 1. The Hall–Kier alpha value is -3.28. The molecule has 0 radical (unpaired) electrons. The van der Waals surface area contributed by atoms with Gasteiger partial charge >= 0.3 is 0 Å². The summed E-state index contributed by atoms with van der Waals surface area (Å²) in [7, 11) is 1.54. The van der Waals surface area contributed by atoms with E-state index in [-0.39, 0.29) is 12.5 Å². The lowest BCUT2D eigenvalue weighted by Crippen LogP contribution is -2.24. The maximum Gasteiger partial charge on any atom is 0.277 e. The molecule has 2 rings (SSSR count). The molecule has 0 heterocycles. The maximum atomic E-state index is 11.8. The minimum Gasteiger partial charge on any atom is -0.493 e. The molecule has 0 aromatic heterocycles. The van der Waals surface area contributed by atoms with Crippen molar-refractivity contribution in [2.45, 2.75) is 0 Å². The molecule has 0 spiro atoms. The first kappa shape index (κ1) is 18.1. The highest BCUT2D eigenvalue weighted by Crippen LogP contribution is 2.25. The van der Waals surface area contributed by atoms with Gasteiger partial charge in [0.25, 0.3) is 5.91 Å². The molecule has 0 unspecified atom stereocenters. The third-order valence-corrected chi connectivity index (χ3v) is 3.08. The predicted octanol–water partition coefficient (Wildman–Crippen LogP) is 2.79. The van der Waals surface area contributed by atoms with Crippen molar-refractivity contribution in [3.8, 4) is 17.2 Å². The van der Waals surface area contributed by atoms with Gasteiger partial charge in [-0.05, 0) is 42.0 Å². The zero-order chi connectivity index (χ0) is 17.9. The topological polar surface area (TPSA) is 69.2 Å². The van der Waals surface area contributed by atoms with Gasteiger partial charge in [-0.25, -0.2) is 5.43 Å². The van der Waals surface area contributed by atoms with Crippen molar-refractivity contribution in [1.82, 2.24) is 5.43 Å². The van der Waals surface area contributed by atoms with Crippen molar-refractivity contribution in [1.29, 1.82) is 0 Å². The van der Waals surface area contributed by atoms with Crippen LogP contribution in [0.1, 0.15) is 5.56 Å².